The van der Waals surface area contributed by atoms with E-state index in [1.165, 1.54) is 31.4 Å². The van der Waals surface area contributed by atoms with Crippen LogP contribution in [-0.4, -0.2) is 44.0 Å². The summed E-state index contributed by atoms with van der Waals surface area (Å²) < 4.78 is 5.21. The lowest BCUT2D eigenvalue weighted by atomic mass is 10.0. The van der Waals surface area contributed by atoms with Gasteiger partial charge in [-0.15, -0.1) is 0 Å². The summed E-state index contributed by atoms with van der Waals surface area (Å²) in [7, 11) is 1.70. The van der Waals surface area contributed by atoms with Crippen LogP contribution < -0.4 is 15.0 Å². The molecule has 2 unspecified atom stereocenters. The summed E-state index contributed by atoms with van der Waals surface area (Å²) in [6.07, 6.45) is 5.63. The van der Waals surface area contributed by atoms with Crippen molar-refractivity contribution >= 4 is 5.69 Å². The molecule has 1 saturated heterocycles. The van der Waals surface area contributed by atoms with Gasteiger partial charge in [-0.3, -0.25) is 0 Å². The van der Waals surface area contributed by atoms with Crippen molar-refractivity contribution in [3.8, 4) is 5.75 Å². The fourth-order valence-electron chi connectivity index (χ4n) is 3.71. The Morgan fingerprint density at radius 2 is 1.86 bits per heavy atom. The zero-order valence-corrected chi connectivity index (χ0v) is 13.5. The van der Waals surface area contributed by atoms with E-state index >= 15 is 0 Å². The summed E-state index contributed by atoms with van der Waals surface area (Å²) in [6.45, 7) is 3.17. The number of methoxy groups -OCH3 is 1. The Labute approximate surface area is 133 Å². The smallest absolute Gasteiger partial charge is 0.119 e. The highest BCUT2D eigenvalue weighted by atomic mass is 16.5. The molecule has 2 atom stereocenters. The van der Waals surface area contributed by atoms with Gasteiger partial charge < -0.3 is 20.1 Å². The van der Waals surface area contributed by atoms with Crippen LogP contribution in [0.1, 0.15) is 32.1 Å². The van der Waals surface area contributed by atoms with E-state index in [0.29, 0.717) is 12.0 Å². The molecule has 0 bridgehead atoms. The number of rotatable bonds is 5. The zero-order valence-electron chi connectivity index (χ0n) is 13.5. The quantitative estimate of drug-likeness (QED) is 0.877. The predicted octanol–water partition coefficient (Wildman–Crippen LogP) is 2.41. The number of hydrogen-bond donors (Lipinski definition) is 2. The van der Waals surface area contributed by atoms with Gasteiger partial charge in [0.25, 0.3) is 0 Å². The van der Waals surface area contributed by atoms with Gasteiger partial charge in [-0.25, -0.2) is 0 Å². The summed E-state index contributed by atoms with van der Waals surface area (Å²) in [6, 6.07) is 8.94. The minimum Gasteiger partial charge on any atom is -0.497 e. The Morgan fingerprint density at radius 1 is 1.14 bits per heavy atom. The molecular formula is C18H28N2O2. The second kappa shape index (κ2) is 7.34. The van der Waals surface area contributed by atoms with E-state index in [9.17, 15) is 5.11 Å². The van der Waals surface area contributed by atoms with Crippen LogP contribution in [0.4, 0.5) is 5.69 Å². The van der Waals surface area contributed by atoms with E-state index in [1.807, 2.05) is 12.1 Å². The van der Waals surface area contributed by atoms with Gasteiger partial charge in [0.15, 0.2) is 0 Å². The first-order chi connectivity index (χ1) is 10.8. The van der Waals surface area contributed by atoms with Crippen LogP contribution >= 0.6 is 0 Å². The number of hydrogen-bond acceptors (Lipinski definition) is 4. The molecule has 1 heterocycles. The van der Waals surface area contributed by atoms with E-state index in [1.54, 1.807) is 7.11 Å². The van der Waals surface area contributed by atoms with E-state index in [2.05, 4.69) is 22.3 Å². The van der Waals surface area contributed by atoms with Gasteiger partial charge in [0.1, 0.15) is 5.75 Å². The molecule has 4 heteroatoms. The molecule has 3 rings (SSSR count). The van der Waals surface area contributed by atoms with Crippen molar-refractivity contribution in [2.75, 3.05) is 31.6 Å². The number of piperidine rings is 1. The molecule has 0 radical (unpaired) electrons. The summed E-state index contributed by atoms with van der Waals surface area (Å²) >= 11 is 0. The monoisotopic (exact) mass is 304 g/mol. The van der Waals surface area contributed by atoms with Gasteiger partial charge >= 0.3 is 0 Å². The van der Waals surface area contributed by atoms with Crippen LogP contribution in [-0.2, 0) is 0 Å². The standard InChI is InChI=1S/C18H28N2O2/c1-22-17-7-5-16(6-8-17)20-11-9-15(10-12-20)19-13-14-3-2-4-18(14)21/h5-8,14-15,18-19,21H,2-4,9-13H2,1H3. The average molecular weight is 304 g/mol. The molecule has 0 aromatic heterocycles. The van der Waals surface area contributed by atoms with E-state index in [0.717, 1.165) is 31.8 Å². The normalized spacial score (nSPS) is 26.4. The Bertz CT molecular complexity index is 455. The van der Waals surface area contributed by atoms with Crippen LogP contribution in [0, 0.1) is 5.92 Å². The third kappa shape index (κ3) is 3.73. The highest BCUT2D eigenvalue weighted by molar-refractivity contribution is 5.49. The zero-order chi connectivity index (χ0) is 15.4. The summed E-state index contributed by atoms with van der Waals surface area (Å²) in [5.74, 6) is 1.38. The molecular weight excluding hydrogens is 276 g/mol. The van der Waals surface area contributed by atoms with Crippen LogP contribution in [0.25, 0.3) is 0 Å². The predicted molar refractivity (Wildman–Crippen MR) is 89.6 cm³/mol. The number of aliphatic hydroxyl groups is 1. The number of benzene rings is 1. The largest absolute Gasteiger partial charge is 0.497 e. The molecule has 0 amide bonds. The highest BCUT2D eigenvalue weighted by Gasteiger charge is 2.26. The third-order valence-corrected chi connectivity index (χ3v) is 5.22. The van der Waals surface area contributed by atoms with Gasteiger partial charge in [0, 0.05) is 31.4 Å². The summed E-state index contributed by atoms with van der Waals surface area (Å²) in [5.41, 5.74) is 1.28. The van der Waals surface area contributed by atoms with E-state index in [4.69, 9.17) is 4.74 Å². The Balaban J connectivity index is 1.43. The number of anilines is 1. The molecule has 1 aliphatic carbocycles. The number of nitrogens with one attached hydrogen (secondary N) is 1. The van der Waals surface area contributed by atoms with Crippen molar-refractivity contribution < 1.29 is 9.84 Å². The van der Waals surface area contributed by atoms with Crippen molar-refractivity contribution in [1.29, 1.82) is 0 Å². The molecule has 122 valence electrons. The van der Waals surface area contributed by atoms with Crippen molar-refractivity contribution in [2.24, 2.45) is 5.92 Å². The Kier molecular flexibility index (Phi) is 5.21. The van der Waals surface area contributed by atoms with Gasteiger partial charge in [-0.2, -0.15) is 0 Å². The number of nitrogens with zero attached hydrogens (tertiary/aromatic N) is 1. The van der Waals surface area contributed by atoms with Crippen LogP contribution in [0.5, 0.6) is 5.75 Å². The second-order valence-corrected chi connectivity index (χ2v) is 6.63. The summed E-state index contributed by atoms with van der Waals surface area (Å²) in [4.78, 5) is 2.45. The van der Waals surface area contributed by atoms with E-state index < -0.39 is 0 Å². The molecule has 2 N–H and O–H groups in total. The molecule has 1 aromatic carbocycles. The Hall–Kier alpha value is -1.26. The van der Waals surface area contributed by atoms with Crippen molar-refractivity contribution in [3.63, 3.8) is 0 Å². The fourth-order valence-corrected chi connectivity index (χ4v) is 3.71. The maximum absolute atomic E-state index is 9.89. The molecule has 4 nitrogen and oxygen atoms in total. The fraction of sp³-hybridized carbons (Fsp3) is 0.667. The van der Waals surface area contributed by atoms with Crippen molar-refractivity contribution in [2.45, 2.75) is 44.2 Å². The van der Waals surface area contributed by atoms with Crippen molar-refractivity contribution in [3.05, 3.63) is 24.3 Å². The molecule has 1 aromatic rings. The topological polar surface area (TPSA) is 44.7 Å². The molecule has 22 heavy (non-hydrogen) atoms. The minimum absolute atomic E-state index is 0.0770. The minimum atomic E-state index is -0.0770. The van der Waals surface area contributed by atoms with Crippen LogP contribution in [0.3, 0.4) is 0 Å². The molecule has 2 fully saturated rings. The SMILES string of the molecule is COc1ccc(N2CCC(NCC3CCCC3O)CC2)cc1. The highest BCUT2D eigenvalue weighted by Crippen LogP contribution is 2.26. The van der Waals surface area contributed by atoms with E-state index in [-0.39, 0.29) is 6.10 Å². The first-order valence-corrected chi connectivity index (χ1v) is 8.56. The lowest BCUT2D eigenvalue weighted by molar-refractivity contribution is 0.129. The van der Waals surface area contributed by atoms with Gasteiger partial charge in [0.05, 0.1) is 13.2 Å². The van der Waals surface area contributed by atoms with Crippen molar-refractivity contribution in [1.82, 2.24) is 5.32 Å². The molecule has 2 aliphatic rings. The summed E-state index contributed by atoms with van der Waals surface area (Å²) in [5, 5.41) is 13.6. The molecule has 1 aliphatic heterocycles. The number of aliphatic hydroxyl groups excluding tert-OH is 1. The van der Waals surface area contributed by atoms with Crippen LogP contribution in [0.15, 0.2) is 24.3 Å². The third-order valence-electron chi connectivity index (χ3n) is 5.22. The van der Waals surface area contributed by atoms with Crippen LogP contribution in [0.2, 0.25) is 0 Å². The van der Waals surface area contributed by atoms with Gasteiger partial charge in [-0.05, 0) is 55.9 Å². The maximum atomic E-state index is 9.89. The first kappa shape index (κ1) is 15.6. The molecule has 1 saturated carbocycles. The lowest BCUT2D eigenvalue weighted by Crippen LogP contribution is -2.44. The second-order valence-electron chi connectivity index (χ2n) is 6.63. The Morgan fingerprint density at radius 3 is 2.45 bits per heavy atom. The first-order valence-electron chi connectivity index (χ1n) is 8.56. The van der Waals surface area contributed by atoms with Gasteiger partial charge in [-0.1, -0.05) is 6.42 Å². The van der Waals surface area contributed by atoms with Gasteiger partial charge in [0.2, 0.25) is 0 Å². The maximum Gasteiger partial charge on any atom is 0.119 e. The lowest BCUT2D eigenvalue weighted by Gasteiger charge is -2.34. The number of ether oxygens (including phenoxy) is 1. The average Bonchev–Trinajstić information content (AvgIpc) is 2.99. The molecule has 0 spiro atoms.